The molecule has 0 nitrogen and oxygen atoms in total. The van der Waals surface area contributed by atoms with Gasteiger partial charge in [-0.05, 0) is 77.0 Å². The fraction of sp³-hybridized carbons (Fsp3) is 0.905. The van der Waals surface area contributed by atoms with Crippen LogP contribution in [0.3, 0.4) is 0 Å². The molecule has 0 aromatic carbocycles. The second kappa shape index (κ2) is 9.08. The third kappa shape index (κ3) is 4.08. The van der Waals surface area contributed by atoms with Crippen LogP contribution in [0.1, 0.15) is 96.3 Å². The zero-order valence-corrected chi connectivity index (χ0v) is 16.2. The third-order valence-electron chi connectivity index (χ3n) is 7.21. The molecule has 3 rings (SSSR count). The van der Waals surface area contributed by atoms with Crippen molar-refractivity contribution < 1.29 is 0 Å². The minimum absolute atomic E-state index is 0.935. The van der Waals surface area contributed by atoms with Crippen molar-refractivity contribution >= 4 is 14.1 Å². The van der Waals surface area contributed by atoms with E-state index in [-0.39, 0.29) is 0 Å². The Morgan fingerprint density at radius 2 is 1.00 bits per heavy atom. The molecule has 23 heavy (non-hydrogen) atoms. The molecule has 3 saturated carbocycles. The third-order valence-corrected chi connectivity index (χ3v) is 13.4. The largest absolute Gasteiger partial charge is 0.201 e. The van der Waals surface area contributed by atoms with E-state index in [0.29, 0.717) is 0 Å². The van der Waals surface area contributed by atoms with Gasteiger partial charge in [-0.2, -0.15) is 6.32 Å². The van der Waals surface area contributed by atoms with Gasteiger partial charge in [0.05, 0.1) is 0 Å². The molecule has 0 aromatic heterocycles. The van der Waals surface area contributed by atoms with Crippen molar-refractivity contribution in [1.29, 1.82) is 0 Å². The van der Waals surface area contributed by atoms with E-state index in [4.69, 9.17) is 0 Å². The average molecular weight is 332 g/mol. The van der Waals surface area contributed by atoms with Gasteiger partial charge in [-0.1, -0.05) is 26.3 Å². The minimum atomic E-state index is -0.935. The Labute approximate surface area is 146 Å². The first-order chi connectivity index (χ1) is 11.4. The van der Waals surface area contributed by atoms with E-state index in [9.17, 15) is 0 Å². The summed E-state index contributed by atoms with van der Waals surface area (Å²) in [5, 5.41) is 0. The zero-order chi connectivity index (χ0) is 16.0. The van der Waals surface area contributed by atoms with Crippen molar-refractivity contribution in [1.82, 2.24) is 0 Å². The lowest BCUT2D eigenvalue weighted by molar-refractivity contribution is 0.457. The molecule has 0 atom stereocenters. The van der Waals surface area contributed by atoms with Crippen LogP contribution in [-0.4, -0.2) is 24.0 Å². The molecule has 0 N–H and O–H groups in total. The SMILES string of the molecule is C=CC[B-][P+](C1CCCCC1)(C1CCCCC1)C1CCCCC1. The molecule has 0 aliphatic heterocycles. The molecule has 2 radical (unpaired) electrons. The monoisotopic (exact) mass is 332 g/mol. The normalized spacial score (nSPS) is 26.3. The molecular formula is C21H38BP. The van der Waals surface area contributed by atoms with Crippen molar-refractivity contribution in [2.75, 3.05) is 0 Å². The predicted molar refractivity (Wildman–Crippen MR) is 108 cm³/mol. The fourth-order valence-corrected chi connectivity index (χ4v) is 13.2. The van der Waals surface area contributed by atoms with E-state index in [0.717, 1.165) is 17.0 Å². The Morgan fingerprint density at radius 1 is 0.652 bits per heavy atom. The lowest BCUT2D eigenvalue weighted by Crippen LogP contribution is -2.38. The molecule has 3 aliphatic rings. The van der Waals surface area contributed by atoms with Gasteiger partial charge in [-0.3, -0.25) is 0 Å². The maximum absolute atomic E-state index is 4.09. The molecule has 0 amide bonds. The summed E-state index contributed by atoms with van der Waals surface area (Å²) in [5.74, 6) is 0. The molecule has 0 aromatic rings. The van der Waals surface area contributed by atoms with Crippen LogP contribution in [0.5, 0.6) is 0 Å². The summed E-state index contributed by atoms with van der Waals surface area (Å²) in [4.78, 5) is 0. The fourth-order valence-electron chi connectivity index (χ4n) is 6.18. The first kappa shape index (κ1) is 18.0. The summed E-state index contributed by atoms with van der Waals surface area (Å²) in [6.45, 7) is 7.02. The van der Waals surface area contributed by atoms with Crippen molar-refractivity contribution in [2.24, 2.45) is 0 Å². The molecule has 2 heteroatoms. The summed E-state index contributed by atoms with van der Waals surface area (Å²) >= 11 is 0. The summed E-state index contributed by atoms with van der Waals surface area (Å²) < 4.78 is 0. The first-order valence-electron chi connectivity index (χ1n) is 10.7. The highest BCUT2D eigenvalue weighted by Crippen LogP contribution is 2.76. The number of hydrogen-bond donors (Lipinski definition) is 0. The topological polar surface area (TPSA) is 0 Å². The Morgan fingerprint density at radius 3 is 1.30 bits per heavy atom. The second-order valence-corrected chi connectivity index (χ2v) is 12.8. The van der Waals surface area contributed by atoms with Gasteiger partial charge in [0, 0.05) is 17.0 Å². The lowest BCUT2D eigenvalue weighted by atomic mass is 9.97. The van der Waals surface area contributed by atoms with Gasteiger partial charge >= 0.3 is 0 Å². The van der Waals surface area contributed by atoms with Crippen LogP contribution in [0.2, 0.25) is 6.32 Å². The number of rotatable bonds is 6. The van der Waals surface area contributed by atoms with E-state index >= 15 is 0 Å². The van der Waals surface area contributed by atoms with Crippen LogP contribution in [0.25, 0.3) is 0 Å². The highest BCUT2D eigenvalue weighted by molar-refractivity contribution is 8.02. The van der Waals surface area contributed by atoms with Crippen LogP contribution in [0, 0.1) is 0 Å². The van der Waals surface area contributed by atoms with E-state index in [1.807, 2.05) is 0 Å². The average Bonchev–Trinajstić information content (AvgIpc) is 2.65. The first-order valence-corrected chi connectivity index (χ1v) is 12.8. The summed E-state index contributed by atoms with van der Waals surface area (Å²) in [6, 6.07) is 0. The van der Waals surface area contributed by atoms with Gasteiger partial charge in [0.2, 0.25) is 0 Å². The molecular weight excluding hydrogens is 294 g/mol. The van der Waals surface area contributed by atoms with Gasteiger partial charge in [0.25, 0.3) is 0 Å². The van der Waals surface area contributed by atoms with E-state index in [1.54, 1.807) is 38.5 Å². The summed E-state index contributed by atoms with van der Waals surface area (Å²) in [7, 11) is -0.935. The Hall–Kier alpha value is 0.235. The Bertz CT molecular complexity index is 303. The second-order valence-electron chi connectivity index (χ2n) is 8.48. The molecule has 0 saturated heterocycles. The van der Waals surface area contributed by atoms with E-state index in [1.165, 1.54) is 64.1 Å². The van der Waals surface area contributed by atoms with Gasteiger partial charge < -0.3 is 0 Å². The molecule has 0 spiro atoms. The van der Waals surface area contributed by atoms with Crippen LogP contribution >= 0.6 is 7.14 Å². The van der Waals surface area contributed by atoms with Crippen molar-refractivity contribution in [3.8, 4) is 0 Å². The van der Waals surface area contributed by atoms with Crippen molar-refractivity contribution in [3.63, 3.8) is 0 Å². The Kier molecular flexibility index (Phi) is 7.12. The molecule has 0 heterocycles. The molecule has 3 fully saturated rings. The summed E-state index contributed by atoms with van der Waals surface area (Å²) in [5.41, 5.74) is 3.30. The van der Waals surface area contributed by atoms with Gasteiger partial charge in [0.15, 0.2) is 0 Å². The minimum Gasteiger partial charge on any atom is -0.201 e. The maximum atomic E-state index is 4.09. The van der Waals surface area contributed by atoms with Gasteiger partial charge in [0.1, 0.15) is 0 Å². The van der Waals surface area contributed by atoms with Crippen molar-refractivity contribution in [3.05, 3.63) is 12.7 Å². The quantitative estimate of drug-likeness (QED) is 0.273. The molecule has 130 valence electrons. The molecule has 3 aliphatic carbocycles. The maximum Gasteiger partial charge on any atom is 0.0256 e. The van der Waals surface area contributed by atoms with E-state index in [2.05, 4.69) is 19.7 Å². The Balaban J connectivity index is 1.89. The van der Waals surface area contributed by atoms with E-state index < -0.39 is 7.14 Å². The zero-order valence-electron chi connectivity index (χ0n) is 15.4. The van der Waals surface area contributed by atoms with Crippen molar-refractivity contribution in [2.45, 2.75) is 120 Å². The number of allylic oxidation sites excluding steroid dienone is 1. The highest BCUT2D eigenvalue weighted by atomic mass is 31.2. The van der Waals surface area contributed by atoms with Crippen LogP contribution in [0.15, 0.2) is 12.7 Å². The smallest absolute Gasteiger partial charge is 0.0256 e. The summed E-state index contributed by atoms with van der Waals surface area (Å²) in [6.07, 6.45) is 26.4. The number of hydrogen-bond acceptors (Lipinski definition) is 0. The standard InChI is InChI=1S/C21H38BP/c1-2-18-22-23(19-12-6-3-7-13-19,20-14-8-4-9-15-20)21-16-10-5-11-17-21/h2,19-21H,1,3-18H2. The van der Waals surface area contributed by atoms with Gasteiger partial charge in [-0.15, -0.1) is 12.7 Å². The molecule has 0 bridgehead atoms. The van der Waals surface area contributed by atoms with Crippen LogP contribution < -0.4 is 0 Å². The lowest BCUT2D eigenvalue weighted by Gasteiger charge is -2.58. The predicted octanol–water partition coefficient (Wildman–Crippen LogP) is 7.23. The highest BCUT2D eigenvalue weighted by Gasteiger charge is 2.47. The van der Waals surface area contributed by atoms with Gasteiger partial charge in [-0.25, -0.2) is 7.14 Å². The van der Waals surface area contributed by atoms with Crippen LogP contribution in [-0.2, 0) is 0 Å². The molecule has 0 unspecified atom stereocenters. The van der Waals surface area contributed by atoms with Crippen LogP contribution in [0.4, 0.5) is 0 Å².